The van der Waals surface area contributed by atoms with E-state index in [0.717, 1.165) is 11.9 Å². The first-order chi connectivity index (χ1) is 4.11. The second-order valence-electron chi connectivity index (χ2n) is 3.64. The number of hydrogen-bond acceptors (Lipinski definition) is 2. The van der Waals surface area contributed by atoms with Crippen LogP contribution in [0.25, 0.3) is 0 Å². The molecule has 0 radical (unpaired) electrons. The second kappa shape index (κ2) is 2.51. The third kappa shape index (κ3) is 1.87. The standard InChI is InChI=1S/C7H15NS/c1-7(2,3)6-4-9-5-8-6/h6,8H,4-5H2,1-3H3/t6-/m1/s1. The SMILES string of the molecule is CC(C)(C)[C@H]1CSCN1. The summed E-state index contributed by atoms with van der Waals surface area (Å²) in [4.78, 5) is 0. The topological polar surface area (TPSA) is 12.0 Å². The van der Waals surface area contributed by atoms with Gasteiger partial charge in [0.25, 0.3) is 0 Å². The van der Waals surface area contributed by atoms with E-state index >= 15 is 0 Å². The molecule has 0 aromatic heterocycles. The number of thioether (sulfide) groups is 1. The van der Waals surface area contributed by atoms with Gasteiger partial charge in [0.2, 0.25) is 0 Å². The van der Waals surface area contributed by atoms with Gasteiger partial charge in [-0.1, -0.05) is 20.8 Å². The van der Waals surface area contributed by atoms with Gasteiger partial charge in [0, 0.05) is 17.7 Å². The van der Waals surface area contributed by atoms with E-state index < -0.39 is 0 Å². The van der Waals surface area contributed by atoms with Gasteiger partial charge in [-0.25, -0.2) is 0 Å². The fraction of sp³-hybridized carbons (Fsp3) is 1.00. The summed E-state index contributed by atoms with van der Waals surface area (Å²) in [6, 6.07) is 0.725. The van der Waals surface area contributed by atoms with Gasteiger partial charge in [-0.2, -0.15) is 0 Å². The Morgan fingerprint density at radius 3 is 2.33 bits per heavy atom. The minimum absolute atomic E-state index is 0.448. The lowest BCUT2D eigenvalue weighted by Gasteiger charge is -2.25. The zero-order valence-corrected chi connectivity index (χ0v) is 7.22. The Bertz CT molecular complexity index is 89.6. The molecule has 0 amide bonds. The lowest BCUT2D eigenvalue weighted by Crippen LogP contribution is -2.36. The summed E-state index contributed by atoms with van der Waals surface area (Å²) < 4.78 is 0. The number of hydrogen-bond donors (Lipinski definition) is 1. The van der Waals surface area contributed by atoms with Gasteiger partial charge in [-0.3, -0.25) is 0 Å². The Kier molecular flexibility index (Phi) is 2.07. The first kappa shape index (κ1) is 7.42. The maximum atomic E-state index is 3.46. The van der Waals surface area contributed by atoms with Crippen molar-refractivity contribution < 1.29 is 0 Å². The van der Waals surface area contributed by atoms with E-state index in [4.69, 9.17) is 0 Å². The summed E-state index contributed by atoms with van der Waals surface area (Å²) >= 11 is 2.00. The molecule has 0 aromatic carbocycles. The lowest BCUT2D eigenvalue weighted by atomic mass is 9.88. The van der Waals surface area contributed by atoms with E-state index in [1.807, 2.05) is 11.8 Å². The van der Waals surface area contributed by atoms with E-state index in [9.17, 15) is 0 Å². The van der Waals surface area contributed by atoms with Crippen LogP contribution in [-0.2, 0) is 0 Å². The summed E-state index contributed by atoms with van der Waals surface area (Å²) in [6.07, 6.45) is 0. The van der Waals surface area contributed by atoms with Crippen LogP contribution in [0.15, 0.2) is 0 Å². The number of nitrogens with one attached hydrogen (secondary N) is 1. The fourth-order valence-corrected chi connectivity index (χ4v) is 2.24. The summed E-state index contributed by atoms with van der Waals surface area (Å²) in [5.74, 6) is 2.42. The van der Waals surface area contributed by atoms with Crippen LogP contribution in [-0.4, -0.2) is 17.7 Å². The van der Waals surface area contributed by atoms with Crippen molar-refractivity contribution in [1.29, 1.82) is 0 Å². The minimum atomic E-state index is 0.448. The molecule has 54 valence electrons. The zero-order valence-electron chi connectivity index (χ0n) is 6.40. The van der Waals surface area contributed by atoms with Crippen LogP contribution in [0.3, 0.4) is 0 Å². The van der Waals surface area contributed by atoms with Crippen molar-refractivity contribution in [3.8, 4) is 0 Å². The van der Waals surface area contributed by atoms with E-state index in [1.54, 1.807) is 0 Å². The normalized spacial score (nSPS) is 29.0. The van der Waals surface area contributed by atoms with Gasteiger partial charge in [-0.15, -0.1) is 11.8 Å². The molecule has 0 unspecified atom stereocenters. The Balaban J connectivity index is 2.42. The molecule has 1 fully saturated rings. The summed E-state index contributed by atoms with van der Waals surface area (Å²) in [6.45, 7) is 6.86. The smallest absolute Gasteiger partial charge is 0.0420 e. The first-order valence-corrected chi connectivity index (χ1v) is 4.57. The van der Waals surface area contributed by atoms with Crippen LogP contribution in [0.4, 0.5) is 0 Å². The van der Waals surface area contributed by atoms with E-state index in [0.29, 0.717) is 5.41 Å². The van der Waals surface area contributed by atoms with Crippen LogP contribution in [0.2, 0.25) is 0 Å². The summed E-state index contributed by atoms with van der Waals surface area (Å²) in [5.41, 5.74) is 0.448. The van der Waals surface area contributed by atoms with Crippen molar-refractivity contribution in [3.63, 3.8) is 0 Å². The van der Waals surface area contributed by atoms with Crippen molar-refractivity contribution in [2.45, 2.75) is 26.8 Å². The lowest BCUT2D eigenvalue weighted by molar-refractivity contribution is 0.311. The maximum Gasteiger partial charge on any atom is 0.0420 e. The predicted octanol–water partition coefficient (Wildman–Crippen LogP) is 1.70. The van der Waals surface area contributed by atoms with Gasteiger partial charge < -0.3 is 5.32 Å². The highest BCUT2D eigenvalue weighted by Crippen LogP contribution is 2.26. The van der Waals surface area contributed by atoms with Gasteiger partial charge in [0.05, 0.1) is 0 Å². The van der Waals surface area contributed by atoms with Gasteiger partial charge in [-0.05, 0) is 5.41 Å². The Morgan fingerprint density at radius 2 is 2.11 bits per heavy atom. The second-order valence-corrected chi connectivity index (χ2v) is 4.67. The number of rotatable bonds is 0. The molecule has 0 spiro atoms. The average molecular weight is 145 g/mol. The van der Waals surface area contributed by atoms with Crippen molar-refractivity contribution in [2.24, 2.45) is 5.41 Å². The van der Waals surface area contributed by atoms with Crippen molar-refractivity contribution in [1.82, 2.24) is 5.32 Å². The van der Waals surface area contributed by atoms with E-state index in [2.05, 4.69) is 26.1 Å². The van der Waals surface area contributed by atoms with E-state index in [-0.39, 0.29) is 0 Å². The fourth-order valence-electron chi connectivity index (χ4n) is 0.951. The molecule has 1 saturated heterocycles. The van der Waals surface area contributed by atoms with Crippen LogP contribution < -0.4 is 5.32 Å². The largest absolute Gasteiger partial charge is 0.304 e. The minimum Gasteiger partial charge on any atom is -0.304 e. The Hall–Kier alpha value is 0.310. The Morgan fingerprint density at radius 1 is 1.44 bits per heavy atom. The van der Waals surface area contributed by atoms with Crippen molar-refractivity contribution in [3.05, 3.63) is 0 Å². The molecule has 1 aliphatic heterocycles. The highest BCUT2D eigenvalue weighted by molar-refractivity contribution is 7.99. The van der Waals surface area contributed by atoms with E-state index in [1.165, 1.54) is 5.75 Å². The van der Waals surface area contributed by atoms with Gasteiger partial charge in [0.15, 0.2) is 0 Å². The molecule has 1 N–H and O–H groups in total. The molecule has 1 rings (SSSR count). The third-order valence-corrected chi connectivity index (χ3v) is 2.70. The summed E-state index contributed by atoms with van der Waals surface area (Å²) in [5, 5.41) is 3.46. The molecule has 2 heteroatoms. The molecule has 0 aliphatic carbocycles. The molecule has 1 nitrogen and oxygen atoms in total. The molecule has 0 aromatic rings. The average Bonchev–Trinajstić information content (AvgIpc) is 2.08. The van der Waals surface area contributed by atoms with Crippen LogP contribution >= 0.6 is 11.8 Å². The Labute approximate surface area is 61.6 Å². The molecule has 1 atom stereocenters. The predicted molar refractivity (Wildman–Crippen MR) is 43.7 cm³/mol. The van der Waals surface area contributed by atoms with Crippen LogP contribution in [0.1, 0.15) is 20.8 Å². The molecule has 1 heterocycles. The van der Waals surface area contributed by atoms with Crippen LogP contribution in [0.5, 0.6) is 0 Å². The quantitative estimate of drug-likeness (QED) is 0.557. The molecule has 9 heavy (non-hydrogen) atoms. The first-order valence-electron chi connectivity index (χ1n) is 3.42. The van der Waals surface area contributed by atoms with Crippen LogP contribution in [0, 0.1) is 5.41 Å². The summed E-state index contributed by atoms with van der Waals surface area (Å²) in [7, 11) is 0. The molecular weight excluding hydrogens is 130 g/mol. The maximum absolute atomic E-state index is 3.46. The highest BCUT2D eigenvalue weighted by atomic mass is 32.2. The van der Waals surface area contributed by atoms with Gasteiger partial charge >= 0.3 is 0 Å². The molecule has 0 saturated carbocycles. The zero-order chi connectivity index (χ0) is 6.91. The molecule has 0 bridgehead atoms. The van der Waals surface area contributed by atoms with Crippen molar-refractivity contribution >= 4 is 11.8 Å². The monoisotopic (exact) mass is 145 g/mol. The van der Waals surface area contributed by atoms with Gasteiger partial charge in [0.1, 0.15) is 0 Å². The highest BCUT2D eigenvalue weighted by Gasteiger charge is 2.26. The third-order valence-electron chi connectivity index (χ3n) is 1.76. The molecular formula is C7H15NS. The van der Waals surface area contributed by atoms with Crippen molar-refractivity contribution in [2.75, 3.05) is 11.6 Å². The molecule has 1 aliphatic rings.